The van der Waals surface area contributed by atoms with E-state index in [1.165, 1.54) is 18.4 Å². The second kappa shape index (κ2) is 8.53. The standard InChI is InChI=1S/C17H28ClNO/c1-6-7-10-19(4)12-16(18)15-11-14(13(2)3)8-9-17(15)20-5/h8-9,11,13,16H,6-7,10,12H2,1-5H3. The van der Waals surface area contributed by atoms with Crippen molar-refractivity contribution in [2.45, 2.75) is 44.9 Å². The predicted octanol–water partition coefficient (Wildman–Crippen LogP) is 4.83. The van der Waals surface area contributed by atoms with Gasteiger partial charge in [-0.3, -0.25) is 0 Å². The second-order valence-electron chi connectivity index (χ2n) is 5.74. The van der Waals surface area contributed by atoms with Crippen molar-refractivity contribution in [1.29, 1.82) is 0 Å². The van der Waals surface area contributed by atoms with E-state index in [9.17, 15) is 0 Å². The summed E-state index contributed by atoms with van der Waals surface area (Å²) < 4.78 is 5.46. The largest absolute Gasteiger partial charge is 0.496 e. The molecule has 0 saturated heterocycles. The van der Waals surface area contributed by atoms with Gasteiger partial charge in [0.15, 0.2) is 0 Å². The second-order valence-corrected chi connectivity index (χ2v) is 6.27. The quantitative estimate of drug-likeness (QED) is 0.637. The van der Waals surface area contributed by atoms with Crippen molar-refractivity contribution < 1.29 is 4.74 Å². The van der Waals surface area contributed by atoms with Crippen LogP contribution in [0.15, 0.2) is 18.2 Å². The molecule has 1 aromatic carbocycles. The average Bonchev–Trinajstić information content (AvgIpc) is 2.44. The summed E-state index contributed by atoms with van der Waals surface area (Å²) in [4.78, 5) is 2.29. The summed E-state index contributed by atoms with van der Waals surface area (Å²) in [6, 6.07) is 6.35. The van der Waals surface area contributed by atoms with Crippen LogP contribution in [0.1, 0.15) is 56.0 Å². The van der Waals surface area contributed by atoms with Crippen molar-refractivity contribution in [3.63, 3.8) is 0 Å². The van der Waals surface area contributed by atoms with E-state index < -0.39 is 0 Å². The van der Waals surface area contributed by atoms with Crippen molar-refractivity contribution in [2.24, 2.45) is 0 Å². The summed E-state index contributed by atoms with van der Waals surface area (Å²) in [7, 11) is 3.84. The molecule has 0 aliphatic rings. The highest BCUT2D eigenvalue weighted by molar-refractivity contribution is 6.21. The van der Waals surface area contributed by atoms with E-state index in [0.717, 1.165) is 24.4 Å². The Morgan fingerprint density at radius 1 is 1.30 bits per heavy atom. The van der Waals surface area contributed by atoms with E-state index in [0.29, 0.717) is 5.92 Å². The molecule has 0 amide bonds. The minimum absolute atomic E-state index is 0.0366. The first-order chi connectivity index (χ1) is 9.49. The summed E-state index contributed by atoms with van der Waals surface area (Å²) in [6.07, 6.45) is 2.42. The van der Waals surface area contributed by atoms with Crippen LogP contribution in [-0.2, 0) is 0 Å². The highest BCUT2D eigenvalue weighted by Crippen LogP contribution is 2.33. The van der Waals surface area contributed by atoms with Gasteiger partial charge in [-0.2, -0.15) is 0 Å². The molecule has 0 aliphatic heterocycles. The Morgan fingerprint density at radius 3 is 2.55 bits per heavy atom. The molecule has 2 nitrogen and oxygen atoms in total. The third-order valence-corrected chi connectivity index (χ3v) is 4.00. The highest BCUT2D eigenvalue weighted by atomic mass is 35.5. The van der Waals surface area contributed by atoms with E-state index in [1.807, 2.05) is 6.07 Å². The van der Waals surface area contributed by atoms with Gasteiger partial charge in [-0.15, -0.1) is 11.6 Å². The molecule has 0 aliphatic carbocycles. The van der Waals surface area contributed by atoms with Crippen molar-refractivity contribution in [3.8, 4) is 5.75 Å². The number of hydrogen-bond acceptors (Lipinski definition) is 2. The first-order valence-electron chi connectivity index (χ1n) is 7.50. The summed E-state index contributed by atoms with van der Waals surface area (Å²) in [5.41, 5.74) is 2.41. The fraction of sp³-hybridized carbons (Fsp3) is 0.647. The molecule has 1 aromatic rings. The van der Waals surface area contributed by atoms with Gasteiger partial charge < -0.3 is 9.64 Å². The van der Waals surface area contributed by atoms with Crippen LogP contribution in [0.4, 0.5) is 0 Å². The van der Waals surface area contributed by atoms with E-state index in [-0.39, 0.29) is 5.38 Å². The Balaban J connectivity index is 2.84. The minimum Gasteiger partial charge on any atom is -0.496 e. The van der Waals surface area contributed by atoms with E-state index >= 15 is 0 Å². The Labute approximate surface area is 129 Å². The highest BCUT2D eigenvalue weighted by Gasteiger charge is 2.17. The summed E-state index contributed by atoms with van der Waals surface area (Å²) >= 11 is 6.62. The molecule has 0 heterocycles. The maximum absolute atomic E-state index is 6.62. The minimum atomic E-state index is -0.0366. The molecule has 3 heteroatoms. The number of ether oxygens (including phenoxy) is 1. The fourth-order valence-electron chi connectivity index (χ4n) is 2.25. The van der Waals surface area contributed by atoms with Crippen LogP contribution >= 0.6 is 11.6 Å². The molecule has 0 bridgehead atoms. The lowest BCUT2D eigenvalue weighted by atomic mass is 9.98. The summed E-state index contributed by atoms with van der Waals surface area (Å²) in [5.74, 6) is 1.39. The monoisotopic (exact) mass is 297 g/mol. The van der Waals surface area contributed by atoms with Gasteiger partial charge >= 0.3 is 0 Å². The zero-order chi connectivity index (χ0) is 15.1. The van der Waals surface area contributed by atoms with Gasteiger partial charge in [0.1, 0.15) is 5.75 Å². The Kier molecular flexibility index (Phi) is 7.39. The van der Waals surface area contributed by atoms with Crippen LogP contribution in [-0.4, -0.2) is 32.1 Å². The molecule has 0 aromatic heterocycles. The van der Waals surface area contributed by atoms with E-state index in [1.54, 1.807) is 7.11 Å². The number of alkyl halides is 1. The van der Waals surface area contributed by atoms with Gasteiger partial charge in [0.05, 0.1) is 12.5 Å². The number of halogens is 1. The molecule has 0 fully saturated rings. The van der Waals surface area contributed by atoms with Gasteiger partial charge in [-0.05, 0) is 37.6 Å². The first kappa shape index (κ1) is 17.3. The molecule has 0 radical (unpaired) electrons. The van der Waals surface area contributed by atoms with Gasteiger partial charge in [-0.25, -0.2) is 0 Å². The lowest BCUT2D eigenvalue weighted by molar-refractivity contribution is 0.325. The Morgan fingerprint density at radius 2 is 2.00 bits per heavy atom. The van der Waals surface area contributed by atoms with Crippen LogP contribution < -0.4 is 4.74 Å². The molecule has 20 heavy (non-hydrogen) atoms. The molecule has 1 rings (SSSR count). The number of likely N-dealkylation sites (N-methyl/N-ethyl adjacent to an activating group) is 1. The van der Waals surface area contributed by atoms with Crippen LogP contribution in [0.5, 0.6) is 5.75 Å². The van der Waals surface area contributed by atoms with E-state index in [4.69, 9.17) is 16.3 Å². The number of methoxy groups -OCH3 is 1. The van der Waals surface area contributed by atoms with Gasteiger partial charge in [0.2, 0.25) is 0 Å². The molecule has 0 saturated carbocycles. The summed E-state index contributed by atoms with van der Waals surface area (Å²) in [5, 5.41) is -0.0366. The topological polar surface area (TPSA) is 12.5 Å². The van der Waals surface area contributed by atoms with Gasteiger partial charge in [0, 0.05) is 12.1 Å². The maximum Gasteiger partial charge on any atom is 0.123 e. The van der Waals surface area contributed by atoms with Crippen LogP contribution in [0.25, 0.3) is 0 Å². The number of hydrogen-bond donors (Lipinski definition) is 0. The van der Waals surface area contributed by atoms with Gasteiger partial charge in [-0.1, -0.05) is 39.3 Å². The third kappa shape index (κ3) is 4.99. The lowest BCUT2D eigenvalue weighted by Gasteiger charge is -2.22. The zero-order valence-electron chi connectivity index (χ0n) is 13.4. The number of nitrogens with zero attached hydrogens (tertiary/aromatic N) is 1. The van der Waals surface area contributed by atoms with Crippen LogP contribution in [0.3, 0.4) is 0 Å². The predicted molar refractivity (Wildman–Crippen MR) is 88.1 cm³/mol. The van der Waals surface area contributed by atoms with Crippen molar-refractivity contribution in [2.75, 3.05) is 27.2 Å². The zero-order valence-corrected chi connectivity index (χ0v) is 14.2. The average molecular weight is 298 g/mol. The molecule has 114 valence electrons. The SMILES string of the molecule is CCCCN(C)CC(Cl)c1cc(C(C)C)ccc1OC. The van der Waals surface area contributed by atoms with Crippen molar-refractivity contribution >= 4 is 11.6 Å². The first-order valence-corrected chi connectivity index (χ1v) is 7.93. The summed E-state index contributed by atoms with van der Waals surface area (Å²) in [6.45, 7) is 8.54. The fourth-order valence-corrected chi connectivity index (χ4v) is 2.65. The van der Waals surface area contributed by atoms with Gasteiger partial charge in [0.25, 0.3) is 0 Å². The van der Waals surface area contributed by atoms with Crippen LogP contribution in [0.2, 0.25) is 0 Å². The number of rotatable bonds is 8. The molecule has 0 N–H and O–H groups in total. The maximum atomic E-state index is 6.62. The van der Waals surface area contributed by atoms with Crippen molar-refractivity contribution in [1.82, 2.24) is 4.90 Å². The molecule has 1 atom stereocenters. The Hall–Kier alpha value is -0.730. The number of benzene rings is 1. The number of unbranched alkanes of at least 4 members (excludes halogenated alkanes) is 1. The molecular weight excluding hydrogens is 270 g/mol. The Bertz CT molecular complexity index is 406. The smallest absolute Gasteiger partial charge is 0.123 e. The van der Waals surface area contributed by atoms with Crippen LogP contribution in [0, 0.1) is 0 Å². The lowest BCUT2D eigenvalue weighted by Crippen LogP contribution is -2.24. The molecule has 1 unspecified atom stereocenters. The van der Waals surface area contributed by atoms with E-state index in [2.05, 4.69) is 44.9 Å². The van der Waals surface area contributed by atoms with Crippen molar-refractivity contribution in [3.05, 3.63) is 29.3 Å². The third-order valence-electron chi connectivity index (χ3n) is 3.62. The molecule has 0 spiro atoms. The normalized spacial score (nSPS) is 13.0. The molecular formula is C17H28ClNO.